The lowest BCUT2D eigenvalue weighted by Crippen LogP contribution is -2.32. The molecule has 2 aromatic rings. The van der Waals surface area contributed by atoms with E-state index in [0.717, 1.165) is 23.9 Å². The average molecular weight is 380 g/mol. The molecule has 1 saturated heterocycles. The second-order valence-corrected chi connectivity index (χ2v) is 6.28. The van der Waals surface area contributed by atoms with E-state index in [-0.39, 0.29) is 24.3 Å². The van der Waals surface area contributed by atoms with Crippen molar-refractivity contribution in [2.45, 2.75) is 25.1 Å². The lowest BCUT2D eigenvalue weighted by atomic mass is 10.1. The van der Waals surface area contributed by atoms with Gasteiger partial charge in [-0.25, -0.2) is 4.98 Å². The predicted molar refractivity (Wildman–Crippen MR) is 91.6 cm³/mol. The number of hydrogen-bond donors (Lipinski definition) is 0. The van der Waals surface area contributed by atoms with Crippen LogP contribution in [0.4, 0.5) is 13.2 Å². The summed E-state index contributed by atoms with van der Waals surface area (Å²) in [4.78, 5) is 17.9. The first-order valence-corrected chi connectivity index (χ1v) is 8.46. The summed E-state index contributed by atoms with van der Waals surface area (Å²) >= 11 is 0. The fourth-order valence-corrected chi connectivity index (χ4v) is 2.94. The van der Waals surface area contributed by atoms with Crippen molar-refractivity contribution in [3.63, 3.8) is 0 Å². The van der Waals surface area contributed by atoms with E-state index in [0.29, 0.717) is 25.3 Å². The van der Waals surface area contributed by atoms with Crippen molar-refractivity contribution in [3.8, 4) is 11.6 Å². The van der Waals surface area contributed by atoms with Crippen molar-refractivity contribution in [1.82, 2.24) is 9.88 Å². The van der Waals surface area contributed by atoms with Crippen molar-refractivity contribution in [1.29, 1.82) is 0 Å². The molecular formula is C19H19F3N2O3. The highest BCUT2D eigenvalue weighted by molar-refractivity contribution is 5.79. The zero-order chi connectivity index (χ0) is 19.4. The van der Waals surface area contributed by atoms with E-state index in [4.69, 9.17) is 9.47 Å². The molecule has 2 heterocycles. The van der Waals surface area contributed by atoms with Crippen LogP contribution in [-0.2, 0) is 17.4 Å². The van der Waals surface area contributed by atoms with E-state index < -0.39 is 11.7 Å². The molecule has 0 spiro atoms. The highest BCUT2D eigenvalue weighted by Gasteiger charge is 2.32. The van der Waals surface area contributed by atoms with Gasteiger partial charge in [0.1, 0.15) is 11.9 Å². The topological polar surface area (TPSA) is 51.7 Å². The van der Waals surface area contributed by atoms with Crippen LogP contribution in [0, 0.1) is 0 Å². The highest BCUT2D eigenvalue weighted by Crippen LogP contribution is 2.31. The van der Waals surface area contributed by atoms with Crippen LogP contribution in [0.5, 0.6) is 11.6 Å². The van der Waals surface area contributed by atoms with Crippen LogP contribution in [0.3, 0.4) is 0 Å². The van der Waals surface area contributed by atoms with Gasteiger partial charge in [0.15, 0.2) is 0 Å². The standard InChI is InChI=1S/C19H19F3N2O3/c1-26-15-4-2-3-13(9-15)10-18(25)24-8-6-16(12-24)27-17-11-14(5-7-23-17)19(20,21)22/h2-5,7,9,11,16H,6,8,10,12H2,1H3/t16-/m0/s1. The Hall–Kier alpha value is -2.77. The number of amides is 1. The number of benzene rings is 1. The Morgan fingerprint density at radius 2 is 2.11 bits per heavy atom. The van der Waals surface area contributed by atoms with Crippen molar-refractivity contribution < 1.29 is 27.4 Å². The first kappa shape index (κ1) is 19.0. The third kappa shape index (κ3) is 4.90. The van der Waals surface area contributed by atoms with Gasteiger partial charge in [0, 0.05) is 25.2 Å². The summed E-state index contributed by atoms with van der Waals surface area (Å²) in [7, 11) is 1.56. The Morgan fingerprint density at radius 1 is 1.30 bits per heavy atom. The zero-order valence-electron chi connectivity index (χ0n) is 14.7. The SMILES string of the molecule is COc1cccc(CC(=O)N2CC[C@H](Oc3cc(C(F)(F)F)ccn3)C2)c1. The number of likely N-dealkylation sites (tertiary alicyclic amines) is 1. The second kappa shape index (κ2) is 7.85. The van der Waals surface area contributed by atoms with Crippen LogP contribution in [0.15, 0.2) is 42.6 Å². The minimum Gasteiger partial charge on any atom is -0.497 e. The minimum absolute atomic E-state index is 0.0636. The number of halogens is 3. The molecule has 1 fully saturated rings. The van der Waals surface area contributed by atoms with Crippen molar-refractivity contribution in [3.05, 3.63) is 53.7 Å². The molecule has 1 atom stereocenters. The van der Waals surface area contributed by atoms with Gasteiger partial charge in [-0.2, -0.15) is 13.2 Å². The van der Waals surface area contributed by atoms with E-state index in [2.05, 4.69) is 4.98 Å². The molecule has 1 amide bonds. The predicted octanol–water partition coefficient (Wildman–Crippen LogP) is 3.33. The van der Waals surface area contributed by atoms with Crippen LogP contribution in [0.1, 0.15) is 17.5 Å². The maximum Gasteiger partial charge on any atom is 0.416 e. The number of aromatic nitrogens is 1. The largest absolute Gasteiger partial charge is 0.497 e. The van der Waals surface area contributed by atoms with Crippen molar-refractivity contribution >= 4 is 5.91 Å². The van der Waals surface area contributed by atoms with Crippen LogP contribution in [0.25, 0.3) is 0 Å². The average Bonchev–Trinajstić information content (AvgIpc) is 3.10. The fraction of sp³-hybridized carbons (Fsp3) is 0.368. The van der Waals surface area contributed by atoms with Gasteiger partial charge in [-0.1, -0.05) is 12.1 Å². The van der Waals surface area contributed by atoms with Crippen molar-refractivity contribution in [2.24, 2.45) is 0 Å². The van der Waals surface area contributed by atoms with E-state index in [1.54, 1.807) is 24.1 Å². The number of nitrogens with zero attached hydrogens (tertiary/aromatic N) is 2. The summed E-state index contributed by atoms with van der Waals surface area (Å²) in [5.41, 5.74) is 0.0275. The highest BCUT2D eigenvalue weighted by atomic mass is 19.4. The molecule has 0 radical (unpaired) electrons. The number of carbonyl (C=O) groups excluding carboxylic acids is 1. The number of hydrogen-bond acceptors (Lipinski definition) is 4. The first-order valence-electron chi connectivity index (χ1n) is 8.46. The van der Waals surface area contributed by atoms with E-state index in [1.165, 1.54) is 0 Å². The molecule has 0 bridgehead atoms. The van der Waals surface area contributed by atoms with Gasteiger partial charge in [-0.05, 0) is 23.8 Å². The Morgan fingerprint density at radius 3 is 2.85 bits per heavy atom. The van der Waals surface area contributed by atoms with Crippen LogP contribution in [0.2, 0.25) is 0 Å². The molecule has 1 aromatic heterocycles. The number of ether oxygens (including phenoxy) is 2. The van der Waals surface area contributed by atoms with Gasteiger partial charge in [0.05, 0.1) is 25.6 Å². The third-order valence-corrected chi connectivity index (χ3v) is 4.34. The summed E-state index contributed by atoms with van der Waals surface area (Å²) in [6.45, 7) is 0.813. The number of pyridine rings is 1. The number of alkyl halides is 3. The molecular weight excluding hydrogens is 361 g/mol. The van der Waals surface area contributed by atoms with Crippen molar-refractivity contribution in [2.75, 3.05) is 20.2 Å². The van der Waals surface area contributed by atoms with Crippen LogP contribution < -0.4 is 9.47 Å². The molecule has 3 rings (SSSR count). The maximum atomic E-state index is 12.8. The van der Waals surface area contributed by atoms with E-state index in [1.807, 2.05) is 12.1 Å². The van der Waals surface area contributed by atoms with Gasteiger partial charge in [0.2, 0.25) is 11.8 Å². The summed E-state index contributed by atoms with van der Waals surface area (Å²) in [6.07, 6.45) is -2.99. The lowest BCUT2D eigenvalue weighted by Gasteiger charge is -2.17. The smallest absolute Gasteiger partial charge is 0.416 e. The fourth-order valence-electron chi connectivity index (χ4n) is 2.94. The van der Waals surface area contributed by atoms with Crippen LogP contribution >= 0.6 is 0 Å². The molecule has 0 saturated carbocycles. The maximum absolute atomic E-state index is 12.8. The molecule has 5 nitrogen and oxygen atoms in total. The summed E-state index contributed by atoms with van der Waals surface area (Å²) in [5.74, 6) is 0.529. The minimum atomic E-state index is -4.45. The van der Waals surface area contributed by atoms with Gasteiger partial charge in [-0.15, -0.1) is 0 Å². The van der Waals surface area contributed by atoms with E-state index in [9.17, 15) is 18.0 Å². The normalized spacial score (nSPS) is 17.0. The lowest BCUT2D eigenvalue weighted by molar-refractivity contribution is -0.137. The molecule has 0 unspecified atom stereocenters. The molecule has 0 N–H and O–H groups in total. The molecule has 1 aromatic carbocycles. The summed E-state index contributed by atoms with van der Waals surface area (Å²) < 4.78 is 49.0. The van der Waals surface area contributed by atoms with Gasteiger partial charge in [-0.3, -0.25) is 4.79 Å². The zero-order valence-corrected chi connectivity index (χ0v) is 14.7. The number of carbonyl (C=O) groups is 1. The van der Waals surface area contributed by atoms with Crippen LogP contribution in [-0.4, -0.2) is 42.1 Å². The second-order valence-electron chi connectivity index (χ2n) is 6.28. The van der Waals surface area contributed by atoms with Gasteiger partial charge >= 0.3 is 6.18 Å². The van der Waals surface area contributed by atoms with E-state index >= 15 is 0 Å². The summed E-state index contributed by atoms with van der Waals surface area (Å²) in [6, 6.07) is 9.03. The Balaban J connectivity index is 1.57. The van der Waals surface area contributed by atoms with Gasteiger partial charge in [0.25, 0.3) is 0 Å². The molecule has 144 valence electrons. The molecule has 0 aliphatic carbocycles. The number of rotatable bonds is 5. The summed E-state index contributed by atoms with van der Waals surface area (Å²) in [5, 5.41) is 0. The third-order valence-electron chi connectivity index (χ3n) is 4.34. The molecule has 8 heteroatoms. The Labute approximate surface area is 154 Å². The molecule has 27 heavy (non-hydrogen) atoms. The number of methoxy groups -OCH3 is 1. The quantitative estimate of drug-likeness (QED) is 0.799. The Kier molecular flexibility index (Phi) is 5.53. The first-order chi connectivity index (χ1) is 12.8. The Bertz CT molecular complexity index is 811. The monoisotopic (exact) mass is 380 g/mol. The van der Waals surface area contributed by atoms with Gasteiger partial charge < -0.3 is 14.4 Å². The molecule has 1 aliphatic rings. The molecule has 1 aliphatic heterocycles.